The van der Waals surface area contributed by atoms with Crippen LogP contribution in [0.25, 0.3) is 0 Å². The van der Waals surface area contributed by atoms with Crippen molar-refractivity contribution in [3.63, 3.8) is 0 Å². The van der Waals surface area contributed by atoms with Crippen molar-refractivity contribution < 1.29 is 18.0 Å². The van der Waals surface area contributed by atoms with Gasteiger partial charge in [-0.15, -0.1) is 0 Å². The van der Waals surface area contributed by atoms with Crippen molar-refractivity contribution in [3.05, 3.63) is 12.2 Å². The summed E-state index contributed by atoms with van der Waals surface area (Å²) >= 11 is 0. The molecule has 0 aromatic carbocycles. The summed E-state index contributed by atoms with van der Waals surface area (Å²) in [6.45, 7) is 9.42. The third-order valence-electron chi connectivity index (χ3n) is 4.31. The molecule has 0 aromatic rings. The van der Waals surface area contributed by atoms with Crippen LogP contribution in [0.1, 0.15) is 78.6 Å². The third-order valence-corrected chi connectivity index (χ3v) is 4.31. The first kappa shape index (κ1) is 22.0. The fourth-order valence-corrected chi connectivity index (χ4v) is 2.59. The third kappa shape index (κ3) is 9.67. The molecule has 1 N–H and O–H groups in total. The zero-order valence-electron chi connectivity index (χ0n) is 14.8. The molecule has 5 heteroatoms. The van der Waals surface area contributed by atoms with Crippen molar-refractivity contribution in [2.24, 2.45) is 5.41 Å². The largest absolute Gasteiger partial charge is 0.421 e. The van der Waals surface area contributed by atoms with E-state index in [-0.39, 0.29) is 12.0 Å². The highest BCUT2D eigenvalue weighted by Gasteiger charge is 2.37. The molecule has 0 rings (SSSR count). The van der Waals surface area contributed by atoms with Crippen molar-refractivity contribution >= 4 is 5.91 Å². The minimum Gasteiger partial charge on any atom is -0.352 e. The average molecular weight is 335 g/mol. The van der Waals surface area contributed by atoms with E-state index in [1.807, 2.05) is 0 Å². The molecule has 23 heavy (non-hydrogen) atoms. The fourth-order valence-electron chi connectivity index (χ4n) is 2.59. The normalized spacial score (nSPS) is 14.3. The zero-order valence-corrected chi connectivity index (χ0v) is 14.8. The lowest BCUT2D eigenvalue weighted by molar-refractivity contribution is -0.131. The average Bonchev–Trinajstić information content (AvgIpc) is 2.49. The zero-order chi connectivity index (χ0) is 17.9. The van der Waals surface area contributed by atoms with Crippen molar-refractivity contribution in [3.8, 4) is 0 Å². The van der Waals surface area contributed by atoms with Crippen LogP contribution < -0.4 is 5.32 Å². The highest BCUT2D eigenvalue weighted by Crippen LogP contribution is 2.31. The standard InChI is InChI=1S/C18H32F3NO/c1-5-7-9-10-11-13-17(4,12-8-6-2)14-22-16(23)15(3)18(19,20)21/h3,5-14H2,1-2,4H3,(H,22,23). The first-order valence-corrected chi connectivity index (χ1v) is 8.70. The summed E-state index contributed by atoms with van der Waals surface area (Å²) in [5.41, 5.74) is -1.47. The number of nitrogens with one attached hydrogen (secondary N) is 1. The monoisotopic (exact) mass is 335 g/mol. The molecule has 0 heterocycles. The van der Waals surface area contributed by atoms with Crippen LogP contribution in [0.4, 0.5) is 13.2 Å². The van der Waals surface area contributed by atoms with Gasteiger partial charge in [0.1, 0.15) is 5.57 Å². The molecular weight excluding hydrogens is 303 g/mol. The Bertz CT molecular complexity index is 366. The number of hydrogen-bond donors (Lipinski definition) is 1. The van der Waals surface area contributed by atoms with Gasteiger partial charge in [-0.2, -0.15) is 13.2 Å². The van der Waals surface area contributed by atoms with E-state index < -0.39 is 17.7 Å². The fraction of sp³-hybridized carbons (Fsp3) is 0.833. The number of amides is 1. The van der Waals surface area contributed by atoms with E-state index in [2.05, 4.69) is 32.7 Å². The maximum absolute atomic E-state index is 12.5. The number of halogens is 3. The van der Waals surface area contributed by atoms with E-state index in [9.17, 15) is 18.0 Å². The predicted molar refractivity (Wildman–Crippen MR) is 89.2 cm³/mol. The molecule has 0 aliphatic rings. The van der Waals surface area contributed by atoms with Crippen molar-refractivity contribution in [1.29, 1.82) is 0 Å². The lowest BCUT2D eigenvalue weighted by Crippen LogP contribution is -2.38. The van der Waals surface area contributed by atoms with Gasteiger partial charge in [-0.25, -0.2) is 0 Å². The van der Waals surface area contributed by atoms with Gasteiger partial charge in [-0.3, -0.25) is 4.79 Å². The minimum absolute atomic E-state index is 0.149. The Balaban J connectivity index is 4.46. The molecule has 136 valence electrons. The maximum atomic E-state index is 12.5. The molecule has 2 nitrogen and oxygen atoms in total. The Morgan fingerprint density at radius 1 is 0.957 bits per heavy atom. The number of hydrogen-bond acceptors (Lipinski definition) is 1. The van der Waals surface area contributed by atoms with Gasteiger partial charge in [0, 0.05) is 6.54 Å². The Hall–Kier alpha value is -1.00. The molecular formula is C18H32F3NO. The predicted octanol–water partition coefficient (Wildman–Crippen LogP) is 5.78. The van der Waals surface area contributed by atoms with Crippen LogP contribution in [0.15, 0.2) is 12.2 Å². The molecule has 0 saturated carbocycles. The van der Waals surface area contributed by atoms with Crippen molar-refractivity contribution in [2.75, 3.05) is 6.54 Å². The molecule has 1 unspecified atom stereocenters. The number of carbonyl (C=O) groups excluding carboxylic acids is 1. The maximum Gasteiger partial charge on any atom is 0.421 e. The number of unbranched alkanes of at least 4 members (excludes halogenated alkanes) is 5. The molecule has 0 fully saturated rings. The number of alkyl halides is 3. The van der Waals surface area contributed by atoms with Crippen molar-refractivity contribution in [1.82, 2.24) is 5.32 Å². The van der Waals surface area contributed by atoms with Crippen molar-refractivity contribution in [2.45, 2.75) is 84.7 Å². The van der Waals surface area contributed by atoms with Crippen LogP contribution in [0.3, 0.4) is 0 Å². The van der Waals surface area contributed by atoms with Gasteiger partial charge in [-0.1, -0.05) is 72.3 Å². The molecule has 0 aromatic heterocycles. The van der Waals surface area contributed by atoms with E-state index in [0.717, 1.165) is 38.5 Å². The molecule has 0 spiro atoms. The van der Waals surface area contributed by atoms with E-state index in [1.54, 1.807) is 0 Å². The number of carbonyl (C=O) groups is 1. The quantitative estimate of drug-likeness (QED) is 0.355. The van der Waals surface area contributed by atoms with E-state index >= 15 is 0 Å². The number of rotatable bonds is 12. The highest BCUT2D eigenvalue weighted by molar-refractivity contribution is 5.94. The van der Waals surface area contributed by atoms with Crippen LogP contribution in [-0.2, 0) is 4.79 Å². The summed E-state index contributed by atoms with van der Waals surface area (Å²) in [6.07, 6.45) is 5.01. The van der Waals surface area contributed by atoms with Crippen LogP contribution in [0, 0.1) is 5.41 Å². The summed E-state index contributed by atoms with van der Waals surface area (Å²) in [7, 11) is 0. The van der Waals surface area contributed by atoms with Crippen LogP contribution in [-0.4, -0.2) is 18.6 Å². The molecule has 1 atom stereocenters. The SMILES string of the molecule is C=C(C(=O)NCC(C)(CCCC)CCCCCCC)C(F)(F)F. The Kier molecular flexibility index (Phi) is 10.2. The van der Waals surface area contributed by atoms with Crippen LogP contribution in [0.2, 0.25) is 0 Å². The van der Waals surface area contributed by atoms with Crippen LogP contribution in [0.5, 0.6) is 0 Å². The molecule has 0 bridgehead atoms. The van der Waals surface area contributed by atoms with Gasteiger partial charge < -0.3 is 5.32 Å². The van der Waals surface area contributed by atoms with E-state index in [1.165, 1.54) is 19.3 Å². The Labute approximate surface area is 138 Å². The van der Waals surface area contributed by atoms with Gasteiger partial charge in [0.15, 0.2) is 0 Å². The molecule has 0 saturated heterocycles. The summed E-state index contributed by atoms with van der Waals surface area (Å²) in [5, 5.41) is 2.43. The second-order valence-electron chi connectivity index (χ2n) is 6.74. The van der Waals surface area contributed by atoms with Gasteiger partial charge in [0.25, 0.3) is 5.91 Å². The summed E-state index contributed by atoms with van der Waals surface area (Å²) in [5.74, 6) is -1.11. The summed E-state index contributed by atoms with van der Waals surface area (Å²) < 4.78 is 37.4. The smallest absolute Gasteiger partial charge is 0.352 e. The Morgan fingerprint density at radius 3 is 2.00 bits per heavy atom. The molecule has 0 aliphatic carbocycles. The lowest BCUT2D eigenvalue weighted by atomic mass is 9.79. The molecule has 0 radical (unpaired) electrons. The van der Waals surface area contributed by atoms with E-state index in [0.29, 0.717) is 0 Å². The van der Waals surface area contributed by atoms with Gasteiger partial charge in [0.2, 0.25) is 0 Å². The van der Waals surface area contributed by atoms with Gasteiger partial charge in [0.05, 0.1) is 0 Å². The first-order valence-electron chi connectivity index (χ1n) is 8.70. The summed E-state index contributed by atoms with van der Waals surface area (Å²) in [4.78, 5) is 11.6. The molecule has 1 amide bonds. The summed E-state index contributed by atoms with van der Waals surface area (Å²) in [6, 6.07) is 0. The second kappa shape index (κ2) is 10.7. The molecule has 0 aliphatic heterocycles. The second-order valence-corrected chi connectivity index (χ2v) is 6.74. The topological polar surface area (TPSA) is 29.1 Å². The van der Waals surface area contributed by atoms with Gasteiger partial charge in [-0.05, 0) is 18.3 Å². The minimum atomic E-state index is -4.66. The highest BCUT2D eigenvalue weighted by atomic mass is 19.4. The first-order chi connectivity index (χ1) is 10.7. The van der Waals surface area contributed by atoms with Gasteiger partial charge >= 0.3 is 6.18 Å². The lowest BCUT2D eigenvalue weighted by Gasteiger charge is -2.30. The Morgan fingerprint density at radius 2 is 1.48 bits per heavy atom. The van der Waals surface area contributed by atoms with E-state index in [4.69, 9.17) is 0 Å². The van der Waals surface area contributed by atoms with Crippen LogP contribution >= 0.6 is 0 Å².